The van der Waals surface area contributed by atoms with Gasteiger partial charge in [-0.2, -0.15) is 0 Å². The molecule has 0 aliphatic carbocycles. The van der Waals surface area contributed by atoms with Crippen molar-refractivity contribution >= 4 is 23.6 Å². The maximum atomic E-state index is 14.2. The molecule has 2 fully saturated rings. The van der Waals surface area contributed by atoms with E-state index in [9.17, 15) is 23.6 Å². The average molecular weight is 452 g/mol. The van der Waals surface area contributed by atoms with E-state index < -0.39 is 35.0 Å². The van der Waals surface area contributed by atoms with Crippen LogP contribution in [0.3, 0.4) is 0 Å². The molecule has 0 bridgehead atoms. The minimum atomic E-state index is -1.54. The Balaban J connectivity index is 1.69. The van der Waals surface area contributed by atoms with Gasteiger partial charge in [0.25, 0.3) is 0 Å². The number of imide groups is 1. The Morgan fingerprint density at radius 3 is 2.76 bits per heavy atom. The first-order valence-corrected chi connectivity index (χ1v) is 10.9. The summed E-state index contributed by atoms with van der Waals surface area (Å²) in [6, 6.07) is 8.28. The Labute approximate surface area is 190 Å². The van der Waals surface area contributed by atoms with E-state index in [0.29, 0.717) is 25.1 Å². The molecule has 0 radical (unpaired) electrons. The van der Waals surface area contributed by atoms with Gasteiger partial charge in [0.05, 0.1) is 12.0 Å². The lowest BCUT2D eigenvalue weighted by atomic mass is 9.75. The molecule has 1 aromatic heterocycles. The summed E-state index contributed by atoms with van der Waals surface area (Å²) in [6.07, 6.45) is 2.99. The van der Waals surface area contributed by atoms with Gasteiger partial charge in [-0.1, -0.05) is 25.1 Å². The van der Waals surface area contributed by atoms with E-state index in [1.165, 1.54) is 23.1 Å². The molecule has 9 heteroatoms. The minimum absolute atomic E-state index is 0.0144. The fraction of sp³-hybridized carbons (Fsp3) is 0.375. The van der Waals surface area contributed by atoms with Gasteiger partial charge < -0.3 is 10.2 Å². The van der Waals surface area contributed by atoms with Crippen molar-refractivity contribution in [1.82, 2.24) is 20.1 Å². The summed E-state index contributed by atoms with van der Waals surface area (Å²) in [5, 5.41) is 2.74. The third kappa shape index (κ3) is 4.22. The standard InChI is InChI=1S/C24H25FN4O4/c1-2-19-22(32)27-9-10-28(19)20(30)12-24(17-6-3-7-18(25)11-17)13-21(31)29(23(24)33)15-16-5-4-8-26-14-16/h3-8,11,14,19H,2,9-10,12-13,15H2,1H3,(H,27,32)/t19-,24+/m1/s1. The number of likely N-dealkylation sites (tertiary alicyclic amines) is 1. The maximum absolute atomic E-state index is 14.2. The number of nitrogens with zero attached hydrogens (tertiary/aromatic N) is 3. The van der Waals surface area contributed by atoms with Crippen LogP contribution < -0.4 is 5.32 Å². The van der Waals surface area contributed by atoms with Gasteiger partial charge in [0.1, 0.15) is 11.9 Å². The zero-order chi connectivity index (χ0) is 23.6. The smallest absolute Gasteiger partial charge is 0.242 e. The normalized spacial score (nSPS) is 23.1. The first-order valence-electron chi connectivity index (χ1n) is 10.9. The van der Waals surface area contributed by atoms with E-state index in [-0.39, 0.29) is 30.9 Å². The number of benzene rings is 1. The van der Waals surface area contributed by atoms with Crippen molar-refractivity contribution in [1.29, 1.82) is 0 Å². The van der Waals surface area contributed by atoms with Crippen molar-refractivity contribution in [3.05, 3.63) is 65.7 Å². The van der Waals surface area contributed by atoms with Crippen LogP contribution in [0.2, 0.25) is 0 Å². The van der Waals surface area contributed by atoms with E-state index in [0.717, 1.165) is 4.90 Å². The van der Waals surface area contributed by atoms with Gasteiger partial charge in [0, 0.05) is 38.3 Å². The van der Waals surface area contributed by atoms with Crippen molar-refractivity contribution in [2.45, 2.75) is 44.2 Å². The number of aromatic nitrogens is 1. The SMILES string of the molecule is CC[C@@H]1C(=O)NCCN1C(=O)C[C@@]1(c2cccc(F)c2)CC(=O)N(Cc2cccnc2)C1=O. The molecule has 2 saturated heterocycles. The number of hydrogen-bond donors (Lipinski definition) is 1. The van der Waals surface area contributed by atoms with Gasteiger partial charge >= 0.3 is 0 Å². The molecule has 2 aromatic rings. The molecule has 0 unspecified atom stereocenters. The highest BCUT2D eigenvalue weighted by atomic mass is 19.1. The van der Waals surface area contributed by atoms with Crippen molar-refractivity contribution < 1.29 is 23.6 Å². The Kier molecular flexibility index (Phi) is 6.22. The Morgan fingerprint density at radius 2 is 2.06 bits per heavy atom. The van der Waals surface area contributed by atoms with Crippen molar-refractivity contribution in [3.63, 3.8) is 0 Å². The number of hydrogen-bond acceptors (Lipinski definition) is 5. The fourth-order valence-electron chi connectivity index (χ4n) is 4.67. The summed E-state index contributed by atoms with van der Waals surface area (Å²) >= 11 is 0. The highest BCUT2D eigenvalue weighted by molar-refractivity contribution is 6.10. The molecular formula is C24H25FN4O4. The van der Waals surface area contributed by atoms with Crippen LogP contribution in [-0.2, 0) is 31.1 Å². The minimum Gasteiger partial charge on any atom is -0.353 e. The van der Waals surface area contributed by atoms with Crippen LogP contribution in [0, 0.1) is 5.82 Å². The predicted octanol–water partition coefficient (Wildman–Crippen LogP) is 1.54. The third-order valence-corrected chi connectivity index (χ3v) is 6.34. The van der Waals surface area contributed by atoms with Gasteiger partial charge in [0.2, 0.25) is 23.6 Å². The van der Waals surface area contributed by atoms with Crippen LogP contribution >= 0.6 is 0 Å². The topological polar surface area (TPSA) is 99.7 Å². The molecule has 0 saturated carbocycles. The Morgan fingerprint density at radius 1 is 1.24 bits per heavy atom. The molecule has 33 heavy (non-hydrogen) atoms. The molecule has 0 spiro atoms. The van der Waals surface area contributed by atoms with E-state index in [2.05, 4.69) is 10.3 Å². The van der Waals surface area contributed by atoms with Crippen LogP contribution in [0.1, 0.15) is 37.3 Å². The maximum Gasteiger partial charge on any atom is 0.242 e. The number of carbonyl (C=O) groups excluding carboxylic acids is 4. The van der Waals surface area contributed by atoms with Crippen LogP contribution in [0.25, 0.3) is 0 Å². The number of amides is 4. The third-order valence-electron chi connectivity index (χ3n) is 6.34. The lowest BCUT2D eigenvalue weighted by Crippen LogP contribution is -2.58. The molecule has 172 valence electrons. The molecule has 3 heterocycles. The van der Waals surface area contributed by atoms with E-state index in [4.69, 9.17) is 0 Å². The Bertz CT molecular complexity index is 1090. The largest absolute Gasteiger partial charge is 0.353 e. The summed E-state index contributed by atoms with van der Waals surface area (Å²) in [6.45, 7) is 2.44. The highest BCUT2D eigenvalue weighted by Crippen LogP contribution is 2.41. The molecule has 8 nitrogen and oxygen atoms in total. The number of carbonyl (C=O) groups is 4. The first kappa shape index (κ1) is 22.6. The summed E-state index contributed by atoms with van der Waals surface area (Å²) in [4.78, 5) is 58.9. The molecule has 4 amide bonds. The lowest BCUT2D eigenvalue weighted by molar-refractivity contribution is -0.147. The summed E-state index contributed by atoms with van der Waals surface area (Å²) in [5.41, 5.74) is -0.596. The van der Waals surface area contributed by atoms with Crippen molar-refractivity contribution in [3.8, 4) is 0 Å². The second-order valence-electron chi connectivity index (χ2n) is 8.39. The molecule has 1 aromatic carbocycles. The predicted molar refractivity (Wildman–Crippen MR) is 116 cm³/mol. The second kappa shape index (κ2) is 9.09. The lowest BCUT2D eigenvalue weighted by Gasteiger charge is -2.37. The van der Waals surface area contributed by atoms with Crippen molar-refractivity contribution in [2.75, 3.05) is 13.1 Å². The molecule has 2 aliphatic heterocycles. The molecule has 4 rings (SSSR count). The number of piperazine rings is 1. The summed E-state index contributed by atoms with van der Waals surface area (Å²) < 4.78 is 14.2. The monoisotopic (exact) mass is 452 g/mol. The van der Waals surface area contributed by atoms with Crippen LogP contribution in [-0.4, -0.2) is 57.5 Å². The van der Waals surface area contributed by atoms with Gasteiger partial charge in [-0.25, -0.2) is 4.39 Å². The highest BCUT2D eigenvalue weighted by Gasteiger charge is 2.54. The van der Waals surface area contributed by atoms with Crippen LogP contribution in [0.15, 0.2) is 48.8 Å². The zero-order valence-electron chi connectivity index (χ0n) is 18.3. The van der Waals surface area contributed by atoms with Crippen molar-refractivity contribution in [2.24, 2.45) is 0 Å². The van der Waals surface area contributed by atoms with Gasteiger partial charge in [-0.15, -0.1) is 0 Å². The second-order valence-corrected chi connectivity index (χ2v) is 8.39. The van der Waals surface area contributed by atoms with E-state index in [1.54, 1.807) is 37.5 Å². The first-order chi connectivity index (χ1) is 15.9. The van der Waals surface area contributed by atoms with Gasteiger partial charge in [-0.3, -0.25) is 29.1 Å². The quantitative estimate of drug-likeness (QED) is 0.671. The van der Waals surface area contributed by atoms with Gasteiger partial charge in [-0.05, 0) is 35.7 Å². The number of pyridine rings is 1. The summed E-state index contributed by atoms with van der Waals surface area (Å²) in [7, 11) is 0. The fourth-order valence-corrected chi connectivity index (χ4v) is 4.67. The Hall–Kier alpha value is -3.62. The zero-order valence-corrected chi connectivity index (χ0v) is 18.3. The van der Waals surface area contributed by atoms with Gasteiger partial charge in [0.15, 0.2) is 0 Å². The number of halogens is 1. The van der Waals surface area contributed by atoms with Crippen LogP contribution in [0.4, 0.5) is 4.39 Å². The van der Waals surface area contributed by atoms with Crippen LogP contribution in [0.5, 0.6) is 0 Å². The molecule has 1 N–H and O–H groups in total. The molecular weight excluding hydrogens is 427 g/mol. The molecule has 2 atom stereocenters. The van der Waals surface area contributed by atoms with E-state index >= 15 is 0 Å². The number of rotatable bonds is 6. The molecule has 2 aliphatic rings. The summed E-state index contributed by atoms with van der Waals surface area (Å²) in [5.74, 6) is -2.21. The number of nitrogens with one attached hydrogen (secondary N) is 1. The average Bonchev–Trinajstić information content (AvgIpc) is 3.04. The van der Waals surface area contributed by atoms with E-state index in [1.807, 2.05) is 0 Å².